The van der Waals surface area contributed by atoms with E-state index in [9.17, 15) is 0 Å². The minimum atomic E-state index is -0.113. The maximum atomic E-state index is 6.09. The number of benzene rings is 1. The van der Waals surface area contributed by atoms with E-state index >= 15 is 0 Å². The lowest BCUT2D eigenvalue weighted by Crippen LogP contribution is -2.19. The molecule has 0 aliphatic carbocycles. The summed E-state index contributed by atoms with van der Waals surface area (Å²) in [5.41, 5.74) is 7.11. The molecular formula is C14H21NO3. The molecule has 1 aliphatic heterocycles. The first-order valence-corrected chi connectivity index (χ1v) is 6.54. The van der Waals surface area contributed by atoms with Crippen molar-refractivity contribution in [2.75, 3.05) is 26.4 Å². The molecule has 1 unspecified atom stereocenters. The molecule has 0 aromatic heterocycles. The van der Waals surface area contributed by atoms with Crippen LogP contribution in [0.4, 0.5) is 0 Å². The summed E-state index contributed by atoms with van der Waals surface area (Å²) in [5.74, 6) is 1.58. The number of hydrogen-bond donors (Lipinski definition) is 1. The molecule has 1 aliphatic rings. The van der Waals surface area contributed by atoms with Gasteiger partial charge in [-0.25, -0.2) is 0 Å². The first kappa shape index (κ1) is 13.2. The highest BCUT2D eigenvalue weighted by Gasteiger charge is 2.14. The molecule has 0 fully saturated rings. The van der Waals surface area contributed by atoms with E-state index in [1.165, 1.54) is 0 Å². The standard InChI is InChI=1S/C14H21NO3/c1-2-3-6-16-10-12(15)11-4-5-13-14(9-11)18-8-7-17-13/h4-5,9,12H,2-3,6-8,10,15H2,1H3. The van der Waals surface area contributed by atoms with Crippen LogP contribution in [0.3, 0.4) is 0 Å². The zero-order valence-electron chi connectivity index (χ0n) is 10.9. The van der Waals surface area contributed by atoms with Crippen LogP contribution in [0.2, 0.25) is 0 Å². The summed E-state index contributed by atoms with van der Waals surface area (Å²) in [6, 6.07) is 5.72. The van der Waals surface area contributed by atoms with Crippen molar-refractivity contribution >= 4 is 0 Å². The molecule has 0 bridgehead atoms. The molecular weight excluding hydrogens is 230 g/mol. The lowest BCUT2D eigenvalue weighted by atomic mass is 10.1. The number of ether oxygens (including phenoxy) is 3. The Morgan fingerprint density at radius 3 is 2.83 bits per heavy atom. The van der Waals surface area contributed by atoms with Crippen molar-refractivity contribution < 1.29 is 14.2 Å². The fourth-order valence-corrected chi connectivity index (χ4v) is 1.84. The van der Waals surface area contributed by atoms with E-state index in [2.05, 4.69) is 6.92 Å². The molecule has 2 rings (SSSR count). The predicted molar refractivity (Wildman–Crippen MR) is 70.1 cm³/mol. The largest absolute Gasteiger partial charge is 0.486 e. The highest BCUT2D eigenvalue weighted by atomic mass is 16.6. The summed E-state index contributed by atoms with van der Waals surface area (Å²) in [7, 11) is 0. The van der Waals surface area contributed by atoms with Gasteiger partial charge >= 0.3 is 0 Å². The number of fused-ring (bicyclic) bond motifs is 1. The Morgan fingerprint density at radius 1 is 1.28 bits per heavy atom. The Balaban J connectivity index is 1.91. The Morgan fingerprint density at radius 2 is 2.06 bits per heavy atom. The highest BCUT2D eigenvalue weighted by Crippen LogP contribution is 2.32. The molecule has 0 saturated heterocycles. The molecule has 0 amide bonds. The van der Waals surface area contributed by atoms with Gasteiger partial charge in [-0.1, -0.05) is 19.4 Å². The molecule has 0 spiro atoms. The zero-order valence-corrected chi connectivity index (χ0v) is 10.9. The second-order valence-electron chi connectivity index (χ2n) is 4.44. The van der Waals surface area contributed by atoms with E-state index in [4.69, 9.17) is 19.9 Å². The van der Waals surface area contributed by atoms with Gasteiger partial charge in [-0.15, -0.1) is 0 Å². The Kier molecular flexibility index (Phi) is 4.84. The smallest absolute Gasteiger partial charge is 0.161 e. The summed E-state index contributed by atoms with van der Waals surface area (Å²) < 4.78 is 16.5. The van der Waals surface area contributed by atoms with E-state index in [0.717, 1.165) is 36.5 Å². The Labute approximate surface area is 108 Å². The minimum absolute atomic E-state index is 0.113. The van der Waals surface area contributed by atoms with Gasteiger partial charge in [0.25, 0.3) is 0 Å². The van der Waals surface area contributed by atoms with Gasteiger partial charge in [0.1, 0.15) is 13.2 Å². The quantitative estimate of drug-likeness (QED) is 0.788. The third-order valence-corrected chi connectivity index (χ3v) is 2.93. The van der Waals surface area contributed by atoms with E-state index < -0.39 is 0 Å². The normalized spacial score (nSPS) is 15.4. The number of hydrogen-bond acceptors (Lipinski definition) is 4. The van der Waals surface area contributed by atoms with Crippen LogP contribution in [-0.4, -0.2) is 26.4 Å². The Hall–Kier alpha value is -1.26. The zero-order chi connectivity index (χ0) is 12.8. The van der Waals surface area contributed by atoms with Gasteiger partial charge in [-0.3, -0.25) is 0 Å². The van der Waals surface area contributed by atoms with Crippen LogP contribution < -0.4 is 15.2 Å². The third-order valence-electron chi connectivity index (χ3n) is 2.93. The van der Waals surface area contributed by atoms with Crippen LogP contribution in [0, 0.1) is 0 Å². The number of unbranched alkanes of at least 4 members (excludes halogenated alkanes) is 1. The summed E-state index contributed by atoms with van der Waals surface area (Å²) in [6.07, 6.45) is 2.22. The van der Waals surface area contributed by atoms with Crippen molar-refractivity contribution in [1.82, 2.24) is 0 Å². The molecule has 100 valence electrons. The van der Waals surface area contributed by atoms with Crippen molar-refractivity contribution in [3.63, 3.8) is 0 Å². The molecule has 4 heteroatoms. The van der Waals surface area contributed by atoms with Crippen LogP contribution in [0.5, 0.6) is 11.5 Å². The maximum absolute atomic E-state index is 6.09. The number of rotatable bonds is 6. The second-order valence-corrected chi connectivity index (χ2v) is 4.44. The number of nitrogens with two attached hydrogens (primary N) is 1. The Bertz CT molecular complexity index is 381. The molecule has 18 heavy (non-hydrogen) atoms. The van der Waals surface area contributed by atoms with Gasteiger partial charge in [-0.05, 0) is 24.1 Å². The molecule has 1 atom stereocenters. The highest BCUT2D eigenvalue weighted by molar-refractivity contribution is 5.44. The van der Waals surface area contributed by atoms with Crippen molar-refractivity contribution in [2.45, 2.75) is 25.8 Å². The summed E-state index contributed by atoms with van der Waals surface area (Å²) in [4.78, 5) is 0. The lowest BCUT2D eigenvalue weighted by Gasteiger charge is -2.20. The van der Waals surface area contributed by atoms with E-state index in [0.29, 0.717) is 19.8 Å². The SMILES string of the molecule is CCCCOCC(N)c1ccc2c(c1)OCCO2. The fraction of sp³-hybridized carbons (Fsp3) is 0.571. The van der Waals surface area contributed by atoms with Gasteiger partial charge in [-0.2, -0.15) is 0 Å². The summed E-state index contributed by atoms with van der Waals surface area (Å²) in [5, 5.41) is 0. The van der Waals surface area contributed by atoms with Crippen LogP contribution in [-0.2, 0) is 4.74 Å². The molecule has 1 aromatic carbocycles. The van der Waals surface area contributed by atoms with Crippen molar-refractivity contribution in [2.24, 2.45) is 5.73 Å². The minimum Gasteiger partial charge on any atom is -0.486 e. The van der Waals surface area contributed by atoms with Crippen LogP contribution in [0.25, 0.3) is 0 Å². The third kappa shape index (κ3) is 3.37. The van der Waals surface area contributed by atoms with Crippen molar-refractivity contribution in [1.29, 1.82) is 0 Å². The molecule has 1 aromatic rings. The topological polar surface area (TPSA) is 53.7 Å². The van der Waals surface area contributed by atoms with Crippen LogP contribution in [0.1, 0.15) is 31.4 Å². The predicted octanol–water partition coefficient (Wildman–Crippen LogP) is 2.27. The van der Waals surface area contributed by atoms with Gasteiger partial charge < -0.3 is 19.9 Å². The summed E-state index contributed by atoms with van der Waals surface area (Å²) >= 11 is 0. The van der Waals surface area contributed by atoms with Crippen molar-refractivity contribution in [3.8, 4) is 11.5 Å². The average Bonchev–Trinajstić information content (AvgIpc) is 2.43. The molecule has 4 nitrogen and oxygen atoms in total. The second kappa shape index (κ2) is 6.61. The first-order valence-electron chi connectivity index (χ1n) is 6.54. The van der Waals surface area contributed by atoms with Gasteiger partial charge in [0.2, 0.25) is 0 Å². The maximum Gasteiger partial charge on any atom is 0.161 e. The van der Waals surface area contributed by atoms with Crippen LogP contribution in [0.15, 0.2) is 18.2 Å². The first-order chi connectivity index (χ1) is 8.81. The fourth-order valence-electron chi connectivity index (χ4n) is 1.84. The van der Waals surface area contributed by atoms with E-state index in [1.807, 2.05) is 18.2 Å². The van der Waals surface area contributed by atoms with Gasteiger partial charge in [0, 0.05) is 6.61 Å². The van der Waals surface area contributed by atoms with E-state index in [-0.39, 0.29) is 6.04 Å². The molecule has 0 saturated carbocycles. The average molecular weight is 251 g/mol. The van der Waals surface area contributed by atoms with Gasteiger partial charge in [0.05, 0.1) is 12.6 Å². The van der Waals surface area contributed by atoms with E-state index in [1.54, 1.807) is 0 Å². The van der Waals surface area contributed by atoms with Gasteiger partial charge in [0.15, 0.2) is 11.5 Å². The monoisotopic (exact) mass is 251 g/mol. The van der Waals surface area contributed by atoms with Crippen molar-refractivity contribution in [3.05, 3.63) is 23.8 Å². The molecule has 0 radical (unpaired) electrons. The van der Waals surface area contributed by atoms with Crippen LogP contribution >= 0.6 is 0 Å². The summed E-state index contributed by atoms with van der Waals surface area (Å²) in [6.45, 7) is 4.66. The lowest BCUT2D eigenvalue weighted by molar-refractivity contribution is 0.118. The molecule has 1 heterocycles. The molecule has 2 N–H and O–H groups in total.